The van der Waals surface area contributed by atoms with E-state index >= 15 is 0 Å². The Balaban J connectivity index is -0.0000000418. The van der Waals surface area contributed by atoms with Crippen LogP contribution in [-0.2, 0) is 9.47 Å². The van der Waals surface area contributed by atoms with Gasteiger partial charge in [0.05, 0.1) is 0 Å². The molecule has 118 valence electrons. The fourth-order valence-corrected chi connectivity index (χ4v) is 7.77. The Labute approximate surface area is 144 Å². The van der Waals surface area contributed by atoms with Crippen LogP contribution >= 0.6 is 0 Å². The van der Waals surface area contributed by atoms with Crippen LogP contribution in [0.5, 0.6) is 0 Å². The summed E-state index contributed by atoms with van der Waals surface area (Å²) in [5.41, 5.74) is 0. The van der Waals surface area contributed by atoms with E-state index in [9.17, 15) is 0 Å². The molecule has 7 heteroatoms. The van der Waals surface area contributed by atoms with Gasteiger partial charge in [0.15, 0.2) is 0 Å². The molecule has 0 rings (SSSR count). The molecule has 3 nitrogen and oxygen atoms in total. The van der Waals surface area contributed by atoms with Gasteiger partial charge in [0.2, 0.25) is 0 Å². The summed E-state index contributed by atoms with van der Waals surface area (Å²) in [5, 5.41) is 0. The van der Waals surface area contributed by atoms with Crippen molar-refractivity contribution in [2.75, 3.05) is 7.11 Å². The van der Waals surface area contributed by atoms with Crippen molar-refractivity contribution in [3.8, 4) is 0 Å². The van der Waals surface area contributed by atoms with Gasteiger partial charge >= 0.3 is 58.3 Å². The maximum absolute atomic E-state index is 5.65. The van der Waals surface area contributed by atoms with Crippen LogP contribution in [0.3, 0.4) is 0 Å². The molecular weight excluding hydrogens is 300 g/mol. The normalized spacial score (nSPS) is 6.95. The Kier molecular flexibility index (Phi) is 49.1. The average Bonchev–Trinajstić information content (AvgIpc) is 2.01. The Morgan fingerprint density at radius 2 is 0.737 bits per heavy atom. The first-order chi connectivity index (χ1) is 6.79. The van der Waals surface area contributed by atoms with Crippen molar-refractivity contribution < 1.29 is 9.47 Å². The smallest absolute Gasteiger partial charge is 0.609 e. The molecular formula is C12H40Al4O3. The third kappa shape index (κ3) is 45.0. The van der Waals surface area contributed by atoms with Crippen LogP contribution in [0.2, 0.25) is 40.5 Å². The zero-order valence-corrected chi connectivity index (χ0v) is 16.2. The van der Waals surface area contributed by atoms with Gasteiger partial charge in [0, 0.05) is 7.11 Å². The van der Waals surface area contributed by atoms with Gasteiger partial charge in [-0.3, -0.25) is 0 Å². The number of rotatable bonds is 5. The largest absolute Gasteiger partial charge is 0.616 e. The number of hydrogen-bond acceptors (Lipinski definition) is 3. The molecule has 0 bridgehead atoms. The molecule has 0 saturated heterocycles. The Hall–Kier alpha value is 2.01. The van der Waals surface area contributed by atoms with E-state index < -0.39 is 58.3 Å². The van der Waals surface area contributed by atoms with Crippen LogP contribution in [-0.4, -0.2) is 65.4 Å². The molecule has 19 heavy (non-hydrogen) atoms. The second-order valence-electron chi connectivity index (χ2n) is 4.22. The van der Waals surface area contributed by atoms with Crippen molar-refractivity contribution in [3.63, 3.8) is 0 Å². The molecule has 0 atom stereocenters. The monoisotopic (exact) mass is 340 g/mol. The van der Waals surface area contributed by atoms with Crippen molar-refractivity contribution in [2.24, 2.45) is 0 Å². The lowest BCUT2D eigenvalue weighted by atomic mass is 11.8. The first kappa shape index (κ1) is 37.3. The van der Waals surface area contributed by atoms with Crippen molar-refractivity contribution in [2.45, 2.75) is 70.2 Å². The van der Waals surface area contributed by atoms with Gasteiger partial charge in [0.25, 0.3) is 0 Å². The third-order valence-corrected chi connectivity index (χ3v) is 9.76. The van der Waals surface area contributed by atoms with Gasteiger partial charge < -0.3 is 9.47 Å². The van der Waals surface area contributed by atoms with Gasteiger partial charge in [-0.05, 0) is 0 Å². The Morgan fingerprint density at radius 1 is 0.526 bits per heavy atom. The van der Waals surface area contributed by atoms with E-state index in [-0.39, 0.29) is 29.7 Å². The van der Waals surface area contributed by atoms with E-state index in [2.05, 4.69) is 40.5 Å². The van der Waals surface area contributed by atoms with Gasteiger partial charge in [-0.25, -0.2) is 0 Å². The van der Waals surface area contributed by atoms with E-state index in [4.69, 9.17) is 9.47 Å². The minimum absolute atomic E-state index is 0. The van der Waals surface area contributed by atoms with Crippen LogP contribution in [0.25, 0.3) is 0 Å². The van der Waals surface area contributed by atoms with Gasteiger partial charge in [-0.2, -0.15) is 0 Å². The van der Waals surface area contributed by atoms with Crippen LogP contribution in [0.1, 0.15) is 29.7 Å². The molecule has 0 aliphatic carbocycles. The molecule has 0 aliphatic heterocycles. The third-order valence-electron chi connectivity index (χ3n) is 1.40. The van der Waals surface area contributed by atoms with E-state index in [0.717, 1.165) is 0 Å². The summed E-state index contributed by atoms with van der Waals surface area (Å²) < 4.78 is 16.2. The van der Waals surface area contributed by atoms with Crippen molar-refractivity contribution >= 4 is 58.3 Å². The zero-order valence-electron chi connectivity index (χ0n) is 11.5. The lowest BCUT2D eigenvalue weighted by molar-refractivity contribution is 0.430. The fourth-order valence-electron chi connectivity index (χ4n) is 0.799. The van der Waals surface area contributed by atoms with E-state index in [1.54, 1.807) is 7.11 Å². The highest BCUT2D eigenvalue weighted by Crippen LogP contribution is 1.95. The summed E-state index contributed by atoms with van der Waals surface area (Å²) in [4.78, 5) is 0. The summed E-state index contributed by atoms with van der Waals surface area (Å²) in [5.74, 6) is 15.2. The molecule has 0 saturated carbocycles. The summed E-state index contributed by atoms with van der Waals surface area (Å²) in [7, 11) is 1.76. The maximum atomic E-state index is 5.65. The first-order valence-corrected chi connectivity index (χ1v) is 16.1. The molecule has 0 aromatic heterocycles. The quantitative estimate of drug-likeness (QED) is 0.654. The molecule has 0 spiro atoms. The fraction of sp³-hybridized carbons (Fsp3) is 1.00. The van der Waals surface area contributed by atoms with Crippen LogP contribution < -0.4 is 0 Å². The van der Waals surface area contributed by atoms with E-state index in [1.807, 2.05) is 0 Å². The molecule has 0 heterocycles. The van der Waals surface area contributed by atoms with Gasteiger partial charge in [-0.15, -0.1) is 0 Å². The molecule has 0 amide bonds. The number of hydrogen-bond donors (Lipinski definition) is 0. The van der Waals surface area contributed by atoms with Crippen molar-refractivity contribution in [3.05, 3.63) is 0 Å². The van der Waals surface area contributed by atoms with E-state index in [1.165, 1.54) is 0 Å². The topological polar surface area (TPSA) is 27.7 Å². The highest BCUT2D eigenvalue weighted by molar-refractivity contribution is 6.66. The molecule has 0 aliphatic rings. The lowest BCUT2D eigenvalue weighted by Crippen LogP contribution is -2.29. The van der Waals surface area contributed by atoms with Crippen molar-refractivity contribution in [1.29, 1.82) is 0 Å². The summed E-state index contributed by atoms with van der Waals surface area (Å²) >= 11 is -3.50. The maximum Gasteiger partial charge on any atom is 0.609 e. The van der Waals surface area contributed by atoms with Crippen molar-refractivity contribution in [1.82, 2.24) is 0 Å². The standard InChI is InChI=1S/CH3O.4CH4.7CH3.4Al.2O/c1-2;;;;;;;;;;;;;;;;;/h1H3;4*1H4;7*1H3;;;;;;/q-1;;;;;;;;;;;;;;;+1;;. The molecule has 0 unspecified atom stereocenters. The SMILES string of the molecule is C.C.C.C.C[O][Al]([CH3])[CH3].[CH3][Al]([CH3])[O][Al]([CH3])[O][Al]([CH3])[CH3]. The van der Waals surface area contributed by atoms with E-state index in [0.29, 0.717) is 0 Å². The lowest BCUT2D eigenvalue weighted by Gasteiger charge is -2.13. The van der Waals surface area contributed by atoms with Crippen LogP contribution in [0.15, 0.2) is 0 Å². The Morgan fingerprint density at radius 3 is 0.842 bits per heavy atom. The molecule has 0 aromatic carbocycles. The minimum Gasteiger partial charge on any atom is -0.616 e. The summed E-state index contributed by atoms with van der Waals surface area (Å²) in [6, 6.07) is 0. The summed E-state index contributed by atoms with van der Waals surface area (Å²) in [6.45, 7) is 0. The zero-order chi connectivity index (χ0) is 12.4. The van der Waals surface area contributed by atoms with Crippen LogP contribution in [0, 0.1) is 0 Å². The molecule has 0 N–H and O–H groups in total. The first-order valence-electron chi connectivity index (χ1n) is 5.63. The highest BCUT2D eigenvalue weighted by atomic mass is 27.3. The van der Waals surface area contributed by atoms with Crippen LogP contribution in [0.4, 0.5) is 0 Å². The minimum atomic E-state index is -1.19. The highest BCUT2D eigenvalue weighted by Gasteiger charge is 2.21. The van der Waals surface area contributed by atoms with Gasteiger partial charge in [0.1, 0.15) is 0 Å². The van der Waals surface area contributed by atoms with Gasteiger partial charge in [-0.1, -0.05) is 70.2 Å². The molecule has 0 aromatic rings. The predicted octanol–water partition coefficient (Wildman–Crippen LogP) is 5.07. The summed E-state index contributed by atoms with van der Waals surface area (Å²) in [6.07, 6.45) is 0. The average molecular weight is 340 g/mol. The second kappa shape index (κ2) is 25.0. The Bertz CT molecular complexity index is 126. The molecule has 0 fully saturated rings. The second-order valence-corrected chi connectivity index (χ2v) is 14.3. The predicted molar refractivity (Wildman–Crippen MR) is 100 cm³/mol. The molecule has 0 radical (unpaired) electrons.